The van der Waals surface area contributed by atoms with Gasteiger partial charge in [-0.3, -0.25) is 19.2 Å². The molecule has 4 amide bonds. The predicted octanol–water partition coefficient (Wildman–Crippen LogP) is -2.04. The number of carboxylic acids is 1. The van der Waals surface area contributed by atoms with Gasteiger partial charge in [0.2, 0.25) is 23.6 Å². The summed E-state index contributed by atoms with van der Waals surface area (Å²) in [6.07, 6.45) is 2.22. The smallest absolute Gasteiger partial charge is 0.326 e. The summed E-state index contributed by atoms with van der Waals surface area (Å²) < 4.78 is 0. The fourth-order valence-electron chi connectivity index (χ4n) is 3.13. The molecule has 0 spiro atoms. The number of nitrogens with one attached hydrogen (secondary N) is 4. The standard InChI is InChI=1S/C22H29N7O6/c1-12(23)19(31)27-15(8-14-10-25-11-26-14)20(32)28-16(9-18(24)30)21(33)29-17(22(34)35)7-13-5-3-2-4-6-13/h2-6,10-12,15-17H,7-9,23H2,1H3,(H2,24,30)(H,25,26)(H,27,31)(H,28,32)(H,29,33)(H,34,35). The monoisotopic (exact) mass is 487 g/mol. The minimum absolute atomic E-state index is 0.0129. The van der Waals surface area contributed by atoms with Crippen molar-refractivity contribution in [3.8, 4) is 0 Å². The molecule has 0 bridgehead atoms. The third-order valence-corrected chi connectivity index (χ3v) is 4.96. The van der Waals surface area contributed by atoms with E-state index in [0.29, 0.717) is 11.3 Å². The summed E-state index contributed by atoms with van der Waals surface area (Å²) >= 11 is 0. The van der Waals surface area contributed by atoms with Crippen LogP contribution in [0.2, 0.25) is 0 Å². The number of nitrogens with two attached hydrogens (primary N) is 2. The molecule has 2 aromatic rings. The van der Waals surface area contributed by atoms with Crippen LogP contribution in [0.3, 0.4) is 0 Å². The Morgan fingerprint density at radius 2 is 1.54 bits per heavy atom. The second-order valence-electron chi connectivity index (χ2n) is 7.95. The molecule has 4 atom stereocenters. The Bertz CT molecular complexity index is 1030. The molecule has 1 aromatic heterocycles. The highest BCUT2D eigenvalue weighted by Crippen LogP contribution is 2.06. The Hall–Kier alpha value is -4.26. The number of benzene rings is 1. The van der Waals surface area contributed by atoms with Gasteiger partial charge in [-0.05, 0) is 12.5 Å². The number of nitrogens with zero attached hydrogens (tertiary/aromatic N) is 1. The van der Waals surface area contributed by atoms with E-state index in [1.54, 1.807) is 30.3 Å². The highest BCUT2D eigenvalue weighted by molar-refractivity contribution is 5.96. The maximum absolute atomic E-state index is 13.0. The molecule has 0 saturated carbocycles. The van der Waals surface area contributed by atoms with Gasteiger partial charge in [0.1, 0.15) is 18.1 Å². The van der Waals surface area contributed by atoms with Crippen molar-refractivity contribution >= 4 is 29.6 Å². The molecular formula is C22H29N7O6. The van der Waals surface area contributed by atoms with Crippen LogP contribution in [0.15, 0.2) is 42.9 Å². The van der Waals surface area contributed by atoms with Gasteiger partial charge in [0.05, 0.1) is 18.8 Å². The first-order valence-corrected chi connectivity index (χ1v) is 10.8. The highest BCUT2D eigenvalue weighted by Gasteiger charge is 2.31. The van der Waals surface area contributed by atoms with Crippen molar-refractivity contribution in [1.29, 1.82) is 0 Å². The predicted molar refractivity (Wildman–Crippen MR) is 123 cm³/mol. The second-order valence-corrected chi connectivity index (χ2v) is 7.95. The van der Waals surface area contributed by atoms with Crippen molar-refractivity contribution in [3.63, 3.8) is 0 Å². The first kappa shape index (κ1) is 27.0. The number of hydrogen-bond acceptors (Lipinski definition) is 7. The molecule has 0 fully saturated rings. The number of hydrogen-bond donors (Lipinski definition) is 7. The number of carbonyl (C=O) groups excluding carboxylic acids is 4. The molecule has 2 rings (SSSR count). The Kier molecular flexibility index (Phi) is 9.90. The van der Waals surface area contributed by atoms with Crippen LogP contribution in [0.4, 0.5) is 0 Å². The molecule has 0 aliphatic heterocycles. The number of aromatic nitrogens is 2. The van der Waals surface area contributed by atoms with E-state index in [4.69, 9.17) is 11.5 Å². The maximum Gasteiger partial charge on any atom is 0.326 e. The van der Waals surface area contributed by atoms with Crippen LogP contribution in [0.1, 0.15) is 24.6 Å². The number of rotatable bonds is 13. The lowest BCUT2D eigenvalue weighted by molar-refractivity contribution is -0.142. The van der Waals surface area contributed by atoms with Gasteiger partial charge in [-0.15, -0.1) is 0 Å². The summed E-state index contributed by atoms with van der Waals surface area (Å²) in [6.45, 7) is 1.43. The van der Waals surface area contributed by atoms with Gasteiger partial charge in [0, 0.05) is 24.7 Å². The minimum atomic E-state index is -1.48. The van der Waals surface area contributed by atoms with E-state index in [2.05, 4.69) is 25.9 Å². The number of amides is 4. The lowest BCUT2D eigenvalue weighted by Crippen LogP contribution is -2.58. The van der Waals surface area contributed by atoms with Crippen molar-refractivity contribution in [2.75, 3.05) is 0 Å². The lowest BCUT2D eigenvalue weighted by Gasteiger charge is -2.24. The number of primary amides is 1. The zero-order chi connectivity index (χ0) is 26.0. The van der Waals surface area contributed by atoms with E-state index in [-0.39, 0.29) is 12.8 Å². The van der Waals surface area contributed by atoms with Gasteiger partial charge in [0.25, 0.3) is 0 Å². The van der Waals surface area contributed by atoms with Crippen LogP contribution in [-0.4, -0.2) is 68.8 Å². The minimum Gasteiger partial charge on any atom is -0.480 e. The largest absolute Gasteiger partial charge is 0.480 e. The first-order chi connectivity index (χ1) is 16.6. The van der Waals surface area contributed by atoms with Crippen LogP contribution in [0.5, 0.6) is 0 Å². The number of carbonyl (C=O) groups is 5. The molecule has 188 valence electrons. The molecule has 0 saturated heterocycles. The molecule has 0 aliphatic carbocycles. The molecular weight excluding hydrogens is 458 g/mol. The Balaban J connectivity index is 2.17. The van der Waals surface area contributed by atoms with E-state index in [1.807, 2.05) is 0 Å². The van der Waals surface area contributed by atoms with E-state index in [1.165, 1.54) is 19.4 Å². The number of aliphatic carboxylic acids is 1. The van der Waals surface area contributed by atoms with Crippen LogP contribution in [-0.2, 0) is 36.8 Å². The Morgan fingerprint density at radius 3 is 2.09 bits per heavy atom. The Labute approximate surface area is 201 Å². The third kappa shape index (κ3) is 8.89. The summed E-state index contributed by atoms with van der Waals surface area (Å²) in [5, 5.41) is 16.7. The highest BCUT2D eigenvalue weighted by atomic mass is 16.4. The fraction of sp³-hybridized carbons (Fsp3) is 0.364. The summed E-state index contributed by atoms with van der Waals surface area (Å²) in [5.74, 6) is -4.53. The van der Waals surface area contributed by atoms with Crippen LogP contribution in [0.25, 0.3) is 0 Å². The van der Waals surface area contributed by atoms with Crippen molar-refractivity contribution in [2.45, 2.75) is 50.4 Å². The van der Waals surface area contributed by atoms with Crippen molar-refractivity contribution < 1.29 is 29.1 Å². The zero-order valence-corrected chi connectivity index (χ0v) is 19.1. The van der Waals surface area contributed by atoms with Gasteiger partial charge in [-0.1, -0.05) is 30.3 Å². The van der Waals surface area contributed by atoms with Crippen molar-refractivity contribution in [2.24, 2.45) is 11.5 Å². The molecule has 9 N–H and O–H groups in total. The van der Waals surface area contributed by atoms with Gasteiger partial charge in [-0.2, -0.15) is 0 Å². The molecule has 13 nitrogen and oxygen atoms in total. The van der Waals surface area contributed by atoms with Crippen molar-refractivity contribution in [3.05, 3.63) is 54.1 Å². The number of carboxylic acid groups (broad SMARTS) is 1. The lowest BCUT2D eigenvalue weighted by atomic mass is 10.0. The van der Waals surface area contributed by atoms with E-state index in [0.717, 1.165) is 0 Å². The van der Waals surface area contributed by atoms with Gasteiger partial charge < -0.3 is 37.5 Å². The van der Waals surface area contributed by atoms with Gasteiger partial charge in [-0.25, -0.2) is 9.78 Å². The van der Waals surface area contributed by atoms with Gasteiger partial charge in [0.15, 0.2) is 0 Å². The molecule has 1 aromatic carbocycles. The topological polar surface area (TPSA) is 222 Å². The van der Waals surface area contributed by atoms with Crippen LogP contribution >= 0.6 is 0 Å². The SMILES string of the molecule is CC(N)C(=O)NC(Cc1cnc[nH]1)C(=O)NC(CC(N)=O)C(=O)NC(Cc1ccccc1)C(=O)O. The fourth-order valence-corrected chi connectivity index (χ4v) is 3.13. The summed E-state index contributed by atoms with van der Waals surface area (Å²) in [7, 11) is 0. The second kappa shape index (κ2) is 12.8. The average Bonchev–Trinajstić information content (AvgIpc) is 3.31. The van der Waals surface area contributed by atoms with E-state index >= 15 is 0 Å². The van der Waals surface area contributed by atoms with E-state index < -0.39 is 60.2 Å². The van der Waals surface area contributed by atoms with Crippen LogP contribution in [0, 0.1) is 0 Å². The Morgan fingerprint density at radius 1 is 0.943 bits per heavy atom. The van der Waals surface area contributed by atoms with Gasteiger partial charge >= 0.3 is 5.97 Å². The molecule has 1 heterocycles. The third-order valence-electron chi connectivity index (χ3n) is 4.96. The summed E-state index contributed by atoms with van der Waals surface area (Å²) in [5.41, 5.74) is 12.0. The number of imidazole rings is 1. The molecule has 0 aliphatic rings. The zero-order valence-electron chi connectivity index (χ0n) is 19.1. The molecule has 35 heavy (non-hydrogen) atoms. The molecule has 13 heteroatoms. The molecule has 0 radical (unpaired) electrons. The quantitative estimate of drug-likeness (QED) is 0.166. The average molecular weight is 488 g/mol. The number of aromatic amines is 1. The maximum atomic E-state index is 13.0. The van der Waals surface area contributed by atoms with Crippen molar-refractivity contribution in [1.82, 2.24) is 25.9 Å². The normalized spacial score (nSPS) is 14.1. The molecule has 4 unspecified atom stereocenters. The summed E-state index contributed by atoms with van der Waals surface area (Å²) in [6, 6.07) is 3.73. The number of H-pyrrole nitrogens is 1. The van der Waals surface area contributed by atoms with Crippen LogP contribution < -0.4 is 27.4 Å². The van der Waals surface area contributed by atoms with E-state index in [9.17, 15) is 29.1 Å². The summed E-state index contributed by atoms with van der Waals surface area (Å²) in [4.78, 5) is 67.9. The first-order valence-electron chi connectivity index (χ1n) is 10.8.